The van der Waals surface area contributed by atoms with Crippen LogP contribution < -0.4 is 0 Å². The van der Waals surface area contributed by atoms with Gasteiger partial charge < -0.3 is 14.2 Å². The molecule has 1 saturated heterocycles. The fourth-order valence-electron chi connectivity index (χ4n) is 3.48. The summed E-state index contributed by atoms with van der Waals surface area (Å²) in [5.41, 5.74) is 2.72. The highest BCUT2D eigenvalue weighted by atomic mass is 16.5. The third kappa shape index (κ3) is 3.22. The number of carbonyl (C=O) groups excluding carboxylic acids is 1. The van der Waals surface area contributed by atoms with Gasteiger partial charge in [0.1, 0.15) is 5.82 Å². The molecule has 2 aromatic heterocycles. The summed E-state index contributed by atoms with van der Waals surface area (Å²) in [6.45, 7) is 8.17. The fraction of sp³-hybridized carbons (Fsp3) is 0.474. The molecule has 0 N–H and O–H groups in total. The van der Waals surface area contributed by atoms with Gasteiger partial charge in [0.2, 0.25) is 0 Å². The average Bonchev–Trinajstić information content (AvgIpc) is 2.90. The first kappa shape index (κ1) is 16.7. The number of carbonyl (C=O) groups is 1. The van der Waals surface area contributed by atoms with Gasteiger partial charge in [0.15, 0.2) is 0 Å². The highest BCUT2D eigenvalue weighted by Crippen LogP contribution is 2.23. The predicted octanol–water partition coefficient (Wildman–Crippen LogP) is 3.13. The van der Waals surface area contributed by atoms with Crippen LogP contribution in [-0.2, 0) is 4.74 Å². The minimum absolute atomic E-state index is 0.0923. The minimum Gasteiger partial charge on any atom is -0.377 e. The number of rotatable bonds is 4. The summed E-state index contributed by atoms with van der Waals surface area (Å²) in [4.78, 5) is 19.3. The number of likely N-dealkylation sites (tertiary alicyclic amines) is 1. The maximum Gasteiger partial charge on any atom is 0.255 e. The summed E-state index contributed by atoms with van der Waals surface area (Å²) in [6, 6.07) is 7.78. The van der Waals surface area contributed by atoms with E-state index in [1.807, 2.05) is 54.5 Å². The Bertz CT molecular complexity index is 707. The Hall–Kier alpha value is -2.14. The fourth-order valence-corrected chi connectivity index (χ4v) is 3.48. The summed E-state index contributed by atoms with van der Waals surface area (Å²) < 4.78 is 7.76. The molecule has 2 aromatic rings. The van der Waals surface area contributed by atoms with Gasteiger partial charge in [-0.05, 0) is 51.8 Å². The van der Waals surface area contributed by atoms with Gasteiger partial charge in [-0.3, -0.25) is 4.79 Å². The van der Waals surface area contributed by atoms with Crippen molar-refractivity contribution >= 4 is 5.91 Å². The topological polar surface area (TPSA) is 47.4 Å². The summed E-state index contributed by atoms with van der Waals surface area (Å²) in [6.07, 6.45) is 3.96. The number of aromatic nitrogens is 2. The van der Waals surface area contributed by atoms with Crippen LogP contribution in [0.25, 0.3) is 5.82 Å². The summed E-state index contributed by atoms with van der Waals surface area (Å²) >= 11 is 0. The van der Waals surface area contributed by atoms with Crippen LogP contribution in [0.3, 0.4) is 0 Å². The second kappa shape index (κ2) is 7.18. The van der Waals surface area contributed by atoms with Crippen molar-refractivity contribution in [2.24, 2.45) is 0 Å². The SMILES string of the molecule is CCOC1CCCN(C(=O)c2cc(C)n(-c3ccccn3)c2C)C1. The van der Waals surface area contributed by atoms with E-state index in [1.54, 1.807) is 6.20 Å². The highest BCUT2D eigenvalue weighted by molar-refractivity contribution is 5.96. The van der Waals surface area contributed by atoms with E-state index < -0.39 is 0 Å². The Morgan fingerprint density at radius 3 is 2.92 bits per heavy atom. The molecule has 0 saturated carbocycles. The molecule has 1 unspecified atom stereocenters. The quantitative estimate of drug-likeness (QED) is 0.867. The van der Waals surface area contributed by atoms with Gasteiger partial charge in [-0.15, -0.1) is 0 Å². The van der Waals surface area contributed by atoms with Crippen molar-refractivity contribution in [1.29, 1.82) is 0 Å². The molecule has 5 heteroatoms. The van der Waals surface area contributed by atoms with Crippen molar-refractivity contribution in [2.75, 3.05) is 19.7 Å². The third-order valence-corrected chi connectivity index (χ3v) is 4.61. The second-order valence-electron chi connectivity index (χ2n) is 6.28. The maximum absolute atomic E-state index is 13.0. The average molecular weight is 327 g/mol. The molecule has 1 amide bonds. The lowest BCUT2D eigenvalue weighted by Gasteiger charge is -2.32. The molecule has 1 aliphatic rings. The number of nitrogens with zero attached hydrogens (tertiary/aromatic N) is 3. The van der Waals surface area contributed by atoms with Gasteiger partial charge in [0.25, 0.3) is 5.91 Å². The molecular weight excluding hydrogens is 302 g/mol. The van der Waals surface area contributed by atoms with Crippen LogP contribution in [0.5, 0.6) is 0 Å². The Morgan fingerprint density at radius 1 is 1.38 bits per heavy atom. The standard InChI is InChI=1S/C19H25N3O2/c1-4-24-16-8-7-11-21(13-16)19(23)17-12-14(2)22(15(17)3)18-9-5-6-10-20-18/h5-6,9-10,12,16H,4,7-8,11,13H2,1-3H3. The number of pyridine rings is 1. The largest absolute Gasteiger partial charge is 0.377 e. The third-order valence-electron chi connectivity index (χ3n) is 4.61. The van der Waals surface area contributed by atoms with Crippen LogP contribution in [0.2, 0.25) is 0 Å². The highest BCUT2D eigenvalue weighted by Gasteiger charge is 2.27. The predicted molar refractivity (Wildman–Crippen MR) is 93.6 cm³/mol. The van der Waals surface area contributed by atoms with Gasteiger partial charge in [0.05, 0.1) is 11.7 Å². The van der Waals surface area contributed by atoms with E-state index >= 15 is 0 Å². The molecule has 3 rings (SSSR count). The Balaban J connectivity index is 1.86. The number of hydrogen-bond acceptors (Lipinski definition) is 3. The Labute approximate surface area is 143 Å². The van der Waals surface area contributed by atoms with Gasteiger partial charge in [-0.1, -0.05) is 6.07 Å². The van der Waals surface area contributed by atoms with E-state index in [2.05, 4.69) is 4.98 Å². The molecular formula is C19H25N3O2. The summed E-state index contributed by atoms with van der Waals surface area (Å²) in [7, 11) is 0. The van der Waals surface area contributed by atoms with Crippen LogP contribution in [0.15, 0.2) is 30.5 Å². The molecule has 3 heterocycles. The number of piperidine rings is 1. The van der Waals surface area contributed by atoms with Crippen molar-refractivity contribution in [3.05, 3.63) is 47.4 Å². The van der Waals surface area contributed by atoms with Gasteiger partial charge in [-0.25, -0.2) is 4.98 Å². The second-order valence-corrected chi connectivity index (χ2v) is 6.28. The number of ether oxygens (including phenoxy) is 1. The molecule has 1 fully saturated rings. The zero-order chi connectivity index (χ0) is 17.1. The van der Waals surface area contributed by atoms with E-state index in [0.717, 1.165) is 42.2 Å². The van der Waals surface area contributed by atoms with Gasteiger partial charge in [-0.2, -0.15) is 0 Å². The number of amides is 1. The molecule has 1 aliphatic heterocycles. The molecule has 1 atom stereocenters. The van der Waals surface area contributed by atoms with Gasteiger partial charge >= 0.3 is 0 Å². The minimum atomic E-state index is 0.0923. The van der Waals surface area contributed by atoms with Crippen LogP contribution in [0.4, 0.5) is 0 Å². The van der Waals surface area contributed by atoms with Crippen LogP contribution in [0.1, 0.15) is 41.5 Å². The van der Waals surface area contributed by atoms with E-state index in [-0.39, 0.29) is 12.0 Å². The molecule has 0 radical (unpaired) electrons. The Kier molecular flexibility index (Phi) is 5.00. The number of hydrogen-bond donors (Lipinski definition) is 0. The van der Waals surface area contributed by atoms with Crippen molar-refractivity contribution in [1.82, 2.24) is 14.5 Å². The molecule has 0 bridgehead atoms. The van der Waals surface area contributed by atoms with Crippen molar-refractivity contribution in [3.63, 3.8) is 0 Å². The first-order valence-corrected chi connectivity index (χ1v) is 8.63. The lowest BCUT2D eigenvalue weighted by Crippen LogP contribution is -2.43. The van der Waals surface area contributed by atoms with Crippen LogP contribution >= 0.6 is 0 Å². The van der Waals surface area contributed by atoms with Crippen molar-refractivity contribution < 1.29 is 9.53 Å². The molecule has 0 spiro atoms. The molecule has 24 heavy (non-hydrogen) atoms. The zero-order valence-corrected chi connectivity index (χ0v) is 14.7. The van der Waals surface area contributed by atoms with E-state index in [9.17, 15) is 4.79 Å². The summed E-state index contributed by atoms with van der Waals surface area (Å²) in [5, 5.41) is 0. The van der Waals surface area contributed by atoms with E-state index in [0.29, 0.717) is 13.2 Å². The van der Waals surface area contributed by atoms with Gasteiger partial charge in [0, 0.05) is 37.3 Å². The summed E-state index contributed by atoms with van der Waals surface area (Å²) in [5.74, 6) is 0.937. The van der Waals surface area contributed by atoms with Crippen molar-refractivity contribution in [3.8, 4) is 5.82 Å². The lowest BCUT2D eigenvalue weighted by atomic mass is 10.1. The first-order chi connectivity index (χ1) is 11.6. The molecule has 128 valence electrons. The molecule has 0 aromatic carbocycles. The maximum atomic E-state index is 13.0. The lowest BCUT2D eigenvalue weighted by molar-refractivity contribution is 0.00721. The smallest absolute Gasteiger partial charge is 0.255 e. The van der Waals surface area contributed by atoms with E-state index in [4.69, 9.17) is 4.74 Å². The monoisotopic (exact) mass is 327 g/mol. The molecule has 5 nitrogen and oxygen atoms in total. The van der Waals surface area contributed by atoms with E-state index in [1.165, 1.54) is 0 Å². The zero-order valence-electron chi connectivity index (χ0n) is 14.7. The van der Waals surface area contributed by atoms with Crippen molar-refractivity contribution in [2.45, 2.75) is 39.7 Å². The number of aryl methyl sites for hydroxylation is 1. The molecule has 0 aliphatic carbocycles. The Morgan fingerprint density at radius 2 is 2.21 bits per heavy atom. The normalized spacial score (nSPS) is 18.0. The first-order valence-electron chi connectivity index (χ1n) is 8.63. The van der Waals surface area contributed by atoms with Crippen LogP contribution in [-0.4, -0.2) is 46.2 Å². The van der Waals surface area contributed by atoms with Crippen LogP contribution in [0, 0.1) is 13.8 Å².